The molecule has 0 unspecified atom stereocenters. The Balaban J connectivity index is 1.58. The average molecular weight is 554 g/mol. The normalized spacial score (nSPS) is 10.7. The maximum absolute atomic E-state index is 14.1. The zero-order chi connectivity index (χ0) is 27.1. The second-order valence-corrected chi connectivity index (χ2v) is 9.34. The van der Waals surface area contributed by atoms with Gasteiger partial charge in [-0.25, -0.2) is 13.9 Å². The lowest BCUT2D eigenvalue weighted by Gasteiger charge is -2.22. The molecule has 1 heterocycles. The second kappa shape index (κ2) is 12.6. The number of anilines is 2. The van der Waals surface area contributed by atoms with Gasteiger partial charge in [-0.3, -0.25) is 4.79 Å². The number of unbranched alkanes of at least 4 members (excludes halogenated alkanes) is 1. The van der Waals surface area contributed by atoms with Gasteiger partial charge in [0.1, 0.15) is 18.2 Å². The van der Waals surface area contributed by atoms with Gasteiger partial charge in [0.2, 0.25) is 5.91 Å². The molecule has 196 valence electrons. The number of amides is 3. The third-order valence-corrected chi connectivity index (χ3v) is 6.45. The third kappa shape index (κ3) is 6.70. The molecule has 0 bridgehead atoms. The Morgan fingerprint density at radius 2 is 1.68 bits per heavy atom. The fourth-order valence-corrected chi connectivity index (χ4v) is 4.04. The van der Waals surface area contributed by atoms with Crippen LogP contribution in [0.3, 0.4) is 0 Å². The van der Waals surface area contributed by atoms with Crippen LogP contribution in [0.4, 0.5) is 20.7 Å². The van der Waals surface area contributed by atoms with Gasteiger partial charge >= 0.3 is 6.03 Å². The van der Waals surface area contributed by atoms with Crippen LogP contribution >= 0.6 is 23.2 Å². The van der Waals surface area contributed by atoms with Crippen LogP contribution in [-0.2, 0) is 4.79 Å². The molecule has 4 rings (SSSR count). The molecule has 3 aromatic carbocycles. The van der Waals surface area contributed by atoms with Crippen molar-refractivity contribution in [2.24, 2.45) is 0 Å². The molecular formula is C28H26Cl2FN5O2. The molecule has 0 atom stereocenters. The van der Waals surface area contributed by atoms with Crippen molar-refractivity contribution in [3.05, 3.63) is 94.7 Å². The maximum Gasteiger partial charge on any atom is 0.322 e. The number of nitrogens with zero attached hydrogens (tertiary/aromatic N) is 3. The highest BCUT2D eigenvalue weighted by atomic mass is 35.5. The number of hydrogen-bond acceptors (Lipinski definition) is 3. The standard InChI is InChI=1S/C28H26Cl2FN5O2/c1-2-3-15-35(28(38)32-24-12-8-7-11-23(24)31)18-27(37)33-26-17-25(19-9-5-4-6-10-19)34-36(26)20-13-14-21(29)22(30)16-20/h4-14,16-17H,2-3,15,18H2,1H3,(H,32,38)(H,33,37). The lowest BCUT2D eigenvalue weighted by atomic mass is 10.1. The van der Waals surface area contributed by atoms with E-state index in [1.54, 1.807) is 35.0 Å². The van der Waals surface area contributed by atoms with Crippen LogP contribution in [0.5, 0.6) is 0 Å². The number of benzene rings is 3. The van der Waals surface area contributed by atoms with Crippen LogP contribution in [0.25, 0.3) is 16.9 Å². The molecule has 10 heteroatoms. The Labute approximate surface area is 230 Å². The zero-order valence-electron chi connectivity index (χ0n) is 20.6. The fraction of sp³-hybridized carbons (Fsp3) is 0.179. The lowest BCUT2D eigenvalue weighted by molar-refractivity contribution is -0.116. The first-order valence-corrected chi connectivity index (χ1v) is 12.8. The molecule has 0 fully saturated rings. The van der Waals surface area contributed by atoms with E-state index >= 15 is 0 Å². The number of rotatable bonds is 9. The van der Waals surface area contributed by atoms with Crippen LogP contribution in [0.15, 0.2) is 78.9 Å². The SMILES string of the molecule is CCCCN(CC(=O)Nc1cc(-c2ccccc2)nn1-c1ccc(Cl)c(Cl)c1)C(=O)Nc1ccccc1F. The van der Waals surface area contributed by atoms with E-state index in [0.717, 1.165) is 12.0 Å². The van der Waals surface area contributed by atoms with Crippen molar-refractivity contribution >= 4 is 46.6 Å². The molecule has 38 heavy (non-hydrogen) atoms. The summed E-state index contributed by atoms with van der Waals surface area (Å²) in [5.41, 5.74) is 2.13. The Morgan fingerprint density at radius 3 is 2.39 bits per heavy atom. The molecule has 0 radical (unpaired) electrons. The zero-order valence-corrected chi connectivity index (χ0v) is 22.1. The van der Waals surface area contributed by atoms with Crippen LogP contribution in [0, 0.1) is 5.82 Å². The molecule has 2 N–H and O–H groups in total. The van der Waals surface area contributed by atoms with E-state index in [4.69, 9.17) is 23.2 Å². The maximum atomic E-state index is 14.1. The van der Waals surface area contributed by atoms with E-state index in [1.807, 2.05) is 37.3 Å². The second-order valence-electron chi connectivity index (χ2n) is 8.52. The first-order chi connectivity index (χ1) is 18.4. The van der Waals surface area contributed by atoms with Crippen molar-refractivity contribution in [3.63, 3.8) is 0 Å². The summed E-state index contributed by atoms with van der Waals surface area (Å²) in [6.07, 6.45) is 1.49. The summed E-state index contributed by atoms with van der Waals surface area (Å²) >= 11 is 12.3. The van der Waals surface area contributed by atoms with E-state index in [0.29, 0.717) is 40.2 Å². The van der Waals surface area contributed by atoms with Crippen molar-refractivity contribution in [1.29, 1.82) is 0 Å². The Kier molecular flexibility index (Phi) is 8.99. The van der Waals surface area contributed by atoms with Gasteiger partial charge in [-0.05, 0) is 36.8 Å². The van der Waals surface area contributed by atoms with E-state index < -0.39 is 17.8 Å². The molecule has 0 saturated heterocycles. The number of hydrogen-bond donors (Lipinski definition) is 2. The predicted molar refractivity (Wildman–Crippen MR) is 150 cm³/mol. The summed E-state index contributed by atoms with van der Waals surface area (Å²) in [6, 6.07) is 21.6. The summed E-state index contributed by atoms with van der Waals surface area (Å²) in [4.78, 5) is 27.4. The molecule has 7 nitrogen and oxygen atoms in total. The fourth-order valence-electron chi connectivity index (χ4n) is 3.75. The van der Waals surface area contributed by atoms with Gasteiger partial charge in [-0.2, -0.15) is 5.10 Å². The minimum atomic E-state index is -0.568. The molecule has 0 spiro atoms. The van der Waals surface area contributed by atoms with Crippen LogP contribution < -0.4 is 10.6 Å². The largest absolute Gasteiger partial charge is 0.322 e. The van der Waals surface area contributed by atoms with Gasteiger partial charge in [-0.1, -0.05) is 79.0 Å². The average Bonchev–Trinajstić information content (AvgIpc) is 3.33. The first kappa shape index (κ1) is 27.2. The quantitative estimate of drug-likeness (QED) is 0.229. The lowest BCUT2D eigenvalue weighted by Crippen LogP contribution is -2.41. The smallest absolute Gasteiger partial charge is 0.315 e. The van der Waals surface area contributed by atoms with E-state index in [1.165, 1.54) is 23.1 Å². The summed E-state index contributed by atoms with van der Waals surface area (Å²) in [6.45, 7) is 2.06. The molecule has 1 aromatic heterocycles. The van der Waals surface area contributed by atoms with Gasteiger partial charge < -0.3 is 15.5 Å². The Morgan fingerprint density at radius 1 is 0.947 bits per heavy atom. The first-order valence-electron chi connectivity index (χ1n) is 12.1. The number of carbonyl (C=O) groups excluding carboxylic acids is 2. The summed E-state index contributed by atoms with van der Waals surface area (Å²) in [5.74, 6) is -0.609. The molecule has 0 aliphatic carbocycles. The number of para-hydroxylation sites is 1. The number of halogens is 3. The summed E-state index contributed by atoms with van der Waals surface area (Å²) < 4.78 is 15.6. The molecular weight excluding hydrogens is 528 g/mol. The number of urea groups is 1. The van der Waals surface area contributed by atoms with Crippen molar-refractivity contribution in [2.75, 3.05) is 23.7 Å². The van der Waals surface area contributed by atoms with Gasteiger partial charge in [-0.15, -0.1) is 0 Å². The summed E-state index contributed by atoms with van der Waals surface area (Å²) in [5, 5.41) is 10.8. The van der Waals surface area contributed by atoms with Gasteiger partial charge in [0.15, 0.2) is 0 Å². The van der Waals surface area contributed by atoms with Crippen LogP contribution in [-0.4, -0.2) is 39.7 Å². The highest BCUT2D eigenvalue weighted by Gasteiger charge is 2.20. The third-order valence-electron chi connectivity index (χ3n) is 5.71. The van der Waals surface area contributed by atoms with E-state index in [2.05, 4.69) is 15.7 Å². The van der Waals surface area contributed by atoms with E-state index in [-0.39, 0.29) is 12.2 Å². The molecule has 4 aromatic rings. The van der Waals surface area contributed by atoms with Crippen molar-refractivity contribution in [1.82, 2.24) is 14.7 Å². The number of carbonyl (C=O) groups is 2. The minimum absolute atomic E-state index is 0.0459. The molecule has 0 saturated carbocycles. The molecule has 0 aliphatic rings. The highest BCUT2D eigenvalue weighted by molar-refractivity contribution is 6.42. The molecule has 3 amide bonds. The topological polar surface area (TPSA) is 79.3 Å². The molecule has 0 aliphatic heterocycles. The van der Waals surface area contributed by atoms with Crippen molar-refractivity contribution in [2.45, 2.75) is 19.8 Å². The van der Waals surface area contributed by atoms with Crippen LogP contribution in [0.1, 0.15) is 19.8 Å². The number of nitrogens with one attached hydrogen (secondary N) is 2. The van der Waals surface area contributed by atoms with E-state index in [9.17, 15) is 14.0 Å². The van der Waals surface area contributed by atoms with Gasteiger partial charge in [0, 0.05) is 18.2 Å². The van der Waals surface area contributed by atoms with Gasteiger partial charge in [0.25, 0.3) is 0 Å². The highest BCUT2D eigenvalue weighted by Crippen LogP contribution is 2.29. The Bertz CT molecular complexity index is 1430. The Hall–Kier alpha value is -3.88. The number of aromatic nitrogens is 2. The minimum Gasteiger partial charge on any atom is -0.315 e. The van der Waals surface area contributed by atoms with Crippen molar-refractivity contribution < 1.29 is 14.0 Å². The van der Waals surface area contributed by atoms with Gasteiger partial charge in [0.05, 0.1) is 27.1 Å². The van der Waals surface area contributed by atoms with Crippen LogP contribution in [0.2, 0.25) is 10.0 Å². The monoisotopic (exact) mass is 553 g/mol. The summed E-state index contributed by atoms with van der Waals surface area (Å²) in [7, 11) is 0. The van der Waals surface area contributed by atoms with Crippen molar-refractivity contribution in [3.8, 4) is 16.9 Å². The predicted octanol–water partition coefficient (Wildman–Crippen LogP) is 7.26.